The van der Waals surface area contributed by atoms with Gasteiger partial charge in [0.1, 0.15) is 5.82 Å². The molecule has 0 aromatic carbocycles. The lowest BCUT2D eigenvalue weighted by Crippen LogP contribution is -2.37. The van der Waals surface area contributed by atoms with Crippen LogP contribution in [0.3, 0.4) is 0 Å². The first-order valence-corrected chi connectivity index (χ1v) is 8.39. The molecule has 2 N–H and O–H groups in total. The van der Waals surface area contributed by atoms with Crippen molar-refractivity contribution in [3.63, 3.8) is 0 Å². The second kappa shape index (κ2) is 7.59. The molecule has 0 spiro atoms. The number of aromatic nitrogens is 2. The van der Waals surface area contributed by atoms with Crippen molar-refractivity contribution in [3.05, 3.63) is 11.8 Å². The average molecular weight is 319 g/mol. The third-order valence-corrected chi connectivity index (χ3v) is 4.08. The van der Waals surface area contributed by atoms with Crippen LogP contribution < -0.4 is 15.5 Å². The van der Waals surface area contributed by atoms with Crippen LogP contribution in [0.4, 0.5) is 11.8 Å². The zero-order chi connectivity index (χ0) is 16.1. The molecule has 7 heteroatoms. The molecule has 2 aliphatic rings. The number of aryl methyl sites for hydroxylation is 1. The summed E-state index contributed by atoms with van der Waals surface area (Å²) in [6.45, 7) is 6.37. The quantitative estimate of drug-likeness (QED) is 0.729. The molecule has 1 saturated carbocycles. The number of anilines is 2. The van der Waals surface area contributed by atoms with E-state index in [1.807, 2.05) is 13.0 Å². The largest absolute Gasteiger partial charge is 0.378 e. The monoisotopic (exact) mass is 319 g/mol. The standard InChI is InChI=1S/C16H25N5O2/c1-12-10-14(21-6-8-23-9-7-21)20-16(19-12)18-5-4-17-15(22)11-13-2-3-13/h10,13H,2-9,11H2,1H3,(H,17,22)(H,18,19,20). The van der Waals surface area contributed by atoms with Crippen molar-refractivity contribution < 1.29 is 9.53 Å². The van der Waals surface area contributed by atoms with E-state index in [0.717, 1.165) is 37.8 Å². The number of carbonyl (C=O) groups is 1. The number of carbonyl (C=O) groups excluding carboxylic acids is 1. The third-order valence-electron chi connectivity index (χ3n) is 4.08. The molecule has 0 bridgehead atoms. The first kappa shape index (κ1) is 16.0. The average Bonchev–Trinajstić information content (AvgIpc) is 3.36. The number of hydrogen-bond donors (Lipinski definition) is 2. The van der Waals surface area contributed by atoms with Crippen LogP contribution in [0.1, 0.15) is 25.0 Å². The van der Waals surface area contributed by atoms with E-state index in [2.05, 4.69) is 25.5 Å². The molecule has 2 heterocycles. The Morgan fingerprint density at radius 3 is 2.83 bits per heavy atom. The summed E-state index contributed by atoms with van der Waals surface area (Å²) < 4.78 is 5.37. The van der Waals surface area contributed by atoms with E-state index in [-0.39, 0.29) is 5.91 Å². The van der Waals surface area contributed by atoms with Gasteiger partial charge in [-0.2, -0.15) is 4.98 Å². The Morgan fingerprint density at radius 1 is 1.30 bits per heavy atom. The predicted octanol–water partition coefficient (Wildman–Crippen LogP) is 0.950. The molecule has 2 fully saturated rings. The Kier molecular flexibility index (Phi) is 5.27. The molecule has 0 unspecified atom stereocenters. The van der Waals surface area contributed by atoms with Gasteiger partial charge in [-0.05, 0) is 25.7 Å². The molecule has 7 nitrogen and oxygen atoms in total. The highest BCUT2D eigenvalue weighted by atomic mass is 16.5. The molecule has 1 aliphatic heterocycles. The Bertz CT molecular complexity index is 541. The van der Waals surface area contributed by atoms with Gasteiger partial charge in [-0.25, -0.2) is 4.98 Å². The minimum absolute atomic E-state index is 0.147. The molecule has 0 radical (unpaired) electrons. The lowest BCUT2D eigenvalue weighted by molar-refractivity contribution is -0.121. The maximum atomic E-state index is 11.6. The van der Waals surface area contributed by atoms with Crippen LogP contribution in [0.15, 0.2) is 6.07 Å². The van der Waals surface area contributed by atoms with Gasteiger partial charge in [0.25, 0.3) is 0 Å². The summed E-state index contributed by atoms with van der Waals surface area (Å²) in [7, 11) is 0. The second-order valence-corrected chi connectivity index (χ2v) is 6.21. The summed E-state index contributed by atoms with van der Waals surface area (Å²) >= 11 is 0. The van der Waals surface area contributed by atoms with E-state index in [1.165, 1.54) is 12.8 Å². The van der Waals surface area contributed by atoms with E-state index < -0.39 is 0 Å². The van der Waals surface area contributed by atoms with E-state index in [1.54, 1.807) is 0 Å². The van der Waals surface area contributed by atoms with Gasteiger partial charge < -0.3 is 20.3 Å². The van der Waals surface area contributed by atoms with E-state index in [9.17, 15) is 4.79 Å². The number of hydrogen-bond acceptors (Lipinski definition) is 6. The van der Waals surface area contributed by atoms with E-state index in [0.29, 0.717) is 31.4 Å². The van der Waals surface area contributed by atoms with Crippen molar-refractivity contribution in [2.45, 2.75) is 26.2 Å². The normalized spacial score (nSPS) is 17.9. The smallest absolute Gasteiger partial charge is 0.224 e. The van der Waals surface area contributed by atoms with Gasteiger partial charge in [0.2, 0.25) is 11.9 Å². The van der Waals surface area contributed by atoms with Crippen LogP contribution >= 0.6 is 0 Å². The first-order chi connectivity index (χ1) is 11.2. The maximum Gasteiger partial charge on any atom is 0.224 e. The molecule has 0 atom stereocenters. The van der Waals surface area contributed by atoms with E-state index >= 15 is 0 Å². The van der Waals surface area contributed by atoms with Crippen molar-refractivity contribution in [3.8, 4) is 0 Å². The van der Waals surface area contributed by atoms with Gasteiger partial charge >= 0.3 is 0 Å². The lowest BCUT2D eigenvalue weighted by atomic mass is 10.3. The summed E-state index contributed by atoms with van der Waals surface area (Å²) in [5.74, 6) is 2.32. The van der Waals surface area contributed by atoms with Crippen LogP contribution in [0.2, 0.25) is 0 Å². The predicted molar refractivity (Wildman–Crippen MR) is 88.6 cm³/mol. The number of nitrogens with one attached hydrogen (secondary N) is 2. The molecule has 126 valence electrons. The fourth-order valence-corrected chi connectivity index (χ4v) is 2.62. The summed E-state index contributed by atoms with van der Waals surface area (Å²) in [5.41, 5.74) is 0.932. The fraction of sp³-hybridized carbons (Fsp3) is 0.688. The highest BCUT2D eigenvalue weighted by Crippen LogP contribution is 2.31. The van der Waals surface area contributed by atoms with Crippen molar-refractivity contribution >= 4 is 17.7 Å². The molecule has 23 heavy (non-hydrogen) atoms. The van der Waals surface area contributed by atoms with Crippen LogP contribution in [0.25, 0.3) is 0 Å². The molecule has 1 saturated heterocycles. The van der Waals surface area contributed by atoms with Crippen molar-refractivity contribution in [1.29, 1.82) is 0 Å². The lowest BCUT2D eigenvalue weighted by Gasteiger charge is -2.28. The number of morpholine rings is 1. The Hall–Kier alpha value is -1.89. The summed E-state index contributed by atoms with van der Waals surface area (Å²) in [6.07, 6.45) is 3.07. The number of nitrogens with zero attached hydrogens (tertiary/aromatic N) is 3. The third kappa shape index (κ3) is 5.06. The van der Waals surface area contributed by atoms with Gasteiger partial charge in [-0.1, -0.05) is 0 Å². The van der Waals surface area contributed by atoms with Crippen molar-refractivity contribution in [2.75, 3.05) is 49.6 Å². The summed E-state index contributed by atoms with van der Waals surface area (Å²) in [6, 6.07) is 1.99. The van der Waals surface area contributed by atoms with Crippen LogP contribution in [-0.4, -0.2) is 55.3 Å². The van der Waals surface area contributed by atoms with Gasteiger partial charge in [0, 0.05) is 44.4 Å². The SMILES string of the molecule is Cc1cc(N2CCOCC2)nc(NCCNC(=O)CC2CC2)n1. The summed E-state index contributed by atoms with van der Waals surface area (Å²) in [4.78, 5) is 22.8. The van der Waals surface area contributed by atoms with E-state index in [4.69, 9.17) is 4.74 Å². The number of amides is 1. The number of rotatable bonds is 7. The molecule has 3 rings (SSSR count). The second-order valence-electron chi connectivity index (χ2n) is 6.21. The topological polar surface area (TPSA) is 79.4 Å². The molecule has 1 aromatic heterocycles. The van der Waals surface area contributed by atoms with Crippen LogP contribution in [0, 0.1) is 12.8 Å². The highest BCUT2D eigenvalue weighted by Gasteiger charge is 2.23. The van der Waals surface area contributed by atoms with Gasteiger partial charge in [-0.15, -0.1) is 0 Å². The first-order valence-electron chi connectivity index (χ1n) is 8.39. The maximum absolute atomic E-state index is 11.6. The van der Waals surface area contributed by atoms with Gasteiger partial charge in [0.05, 0.1) is 13.2 Å². The van der Waals surface area contributed by atoms with Crippen molar-refractivity contribution in [2.24, 2.45) is 5.92 Å². The zero-order valence-electron chi connectivity index (χ0n) is 13.7. The van der Waals surface area contributed by atoms with Crippen molar-refractivity contribution in [1.82, 2.24) is 15.3 Å². The minimum atomic E-state index is 0.147. The Labute approximate surface area is 136 Å². The molecule has 1 amide bonds. The highest BCUT2D eigenvalue weighted by molar-refractivity contribution is 5.76. The molecular formula is C16H25N5O2. The number of ether oxygens (including phenoxy) is 1. The van der Waals surface area contributed by atoms with Crippen LogP contribution in [0.5, 0.6) is 0 Å². The Morgan fingerprint density at radius 2 is 2.09 bits per heavy atom. The molecular weight excluding hydrogens is 294 g/mol. The Balaban J connectivity index is 1.46. The minimum Gasteiger partial charge on any atom is -0.378 e. The fourth-order valence-electron chi connectivity index (χ4n) is 2.62. The zero-order valence-corrected chi connectivity index (χ0v) is 13.7. The summed E-state index contributed by atoms with van der Waals surface area (Å²) in [5, 5.41) is 6.13. The molecule has 1 aliphatic carbocycles. The van der Waals surface area contributed by atoms with Crippen LogP contribution in [-0.2, 0) is 9.53 Å². The van der Waals surface area contributed by atoms with Gasteiger partial charge in [-0.3, -0.25) is 4.79 Å². The molecule has 1 aromatic rings. The van der Waals surface area contributed by atoms with Gasteiger partial charge in [0.15, 0.2) is 0 Å².